The van der Waals surface area contributed by atoms with Crippen LogP contribution in [0.25, 0.3) is 0 Å². The normalized spacial score (nSPS) is 29.0. The zero-order chi connectivity index (χ0) is 20.5. The van der Waals surface area contributed by atoms with Gasteiger partial charge in [0, 0.05) is 38.0 Å². The molecule has 1 saturated heterocycles. The van der Waals surface area contributed by atoms with E-state index in [1.807, 2.05) is 18.2 Å². The molecule has 28 heavy (non-hydrogen) atoms. The maximum atomic E-state index is 11.4. The maximum Gasteiger partial charge on any atom is 0.303 e. The van der Waals surface area contributed by atoms with Crippen LogP contribution in [-0.4, -0.2) is 40.5 Å². The Kier molecular flexibility index (Phi) is 9.03. The van der Waals surface area contributed by atoms with Gasteiger partial charge in [0.2, 0.25) is 0 Å². The first-order valence-electron chi connectivity index (χ1n) is 10.5. The van der Waals surface area contributed by atoms with E-state index in [1.54, 1.807) is 0 Å². The van der Waals surface area contributed by atoms with Crippen molar-refractivity contribution in [3.8, 4) is 0 Å². The van der Waals surface area contributed by atoms with Crippen molar-refractivity contribution in [2.45, 2.75) is 89.9 Å². The summed E-state index contributed by atoms with van der Waals surface area (Å²) in [5, 5.41) is 19.1. The number of aliphatic carboxylic acids is 1. The average molecular weight is 395 g/mol. The molecule has 0 aromatic rings. The molecule has 5 atom stereocenters. The van der Waals surface area contributed by atoms with E-state index in [0.29, 0.717) is 19.3 Å². The van der Waals surface area contributed by atoms with E-state index in [-0.39, 0.29) is 36.4 Å². The second-order valence-electron chi connectivity index (χ2n) is 7.89. The Labute approximate surface area is 167 Å². The molecule has 0 aromatic heterocycles. The van der Waals surface area contributed by atoms with E-state index < -0.39 is 12.1 Å². The Hall–Kier alpha value is -1.82. The van der Waals surface area contributed by atoms with Crippen molar-refractivity contribution in [2.75, 3.05) is 0 Å². The molecule has 1 saturated carbocycles. The number of aliphatic hydroxyl groups excluding tert-OH is 1. The summed E-state index contributed by atoms with van der Waals surface area (Å²) >= 11 is 0. The van der Waals surface area contributed by atoms with Crippen LogP contribution in [0.3, 0.4) is 0 Å². The molecule has 6 nitrogen and oxygen atoms in total. The number of carboxylic acid groups (broad SMARTS) is 1. The zero-order valence-corrected chi connectivity index (χ0v) is 17.0. The van der Waals surface area contributed by atoms with Crippen molar-refractivity contribution >= 4 is 11.9 Å². The standard InChI is InChI=1S/C22H34O6/c1-3-4-5-8-16(27-15(2)23)11-12-18-19-13-17(9-6-7-10-22(25)26)28-21(19)14-20(18)24/h9,11-12,16,18-21,24H,3-8,10,13-14H2,1-2H3,(H,25,26). The highest BCUT2D eigenvalue weighted by Crippen LogP contribution is 2.45. The predicted octanol–water partition coefficient (Wildman–Crippen LogP) is 3.98. The van der Waals surface area contributed by atoms with Crippen molar-refractivity contribution < 1.29 is 29.3 Å². The van der Waals surface area contributed by atoms with Crippen molar-refractivity contribution in [3.63, 3.8) is 0 Å². The molecule has 5 unspecified atom stereocenters. The highest BCUT2D eigenvalue weighted by atomic mass is 16.5. The van der Waals surface area contributed by atoms with Gasteiger partial charge in [-0.05, 0) is 37.8 Å². The van der Waals surface area contributed by atoms with E-state index in [4.69, 9.17) is 14.6 Å². The Balaban J connectivity index is 1.92. The minimum atomic E-state index is -0.780. The summed E-state index contributed by atoms with van der Waals surface area (Å²) in [7, 11) is 0. The molecular weight excluding hydrogens is 360 g/mol. The van der Waals surface area contributed by atoms with Crippen LogP contribution in [0, 0.1) is 11.8 Å². The van der Waals surface area contributed by atoms with Crippen LogP contribution in [0.1, 0.15) is 71.6 Å². The van der Waals surface area contributed by atoms with E-state index in [0.717, 1.165) is 37.9 Å². The monoisotopic (exact) mass is 394 g/mol. The first-order chi connectivity index (χ1) is 13.4. The lowest BCUT2D eigenvalue weighted by Gasteiger charge is -2.18. The summed E-state index contributed by atoms with van der Waals surface area (Å²) in [6.45, 7) is 3.56. The van der Waals surface area contributed by atoms with Gasteiger partial charge in [-0.15, -0.1) is 0 Å². The summed E-state index contributed by atoms with van der Waals surface area (Å²) in [6, 6.07) is 0. The zero-order valence-electron chi connectivity index (χ0n) is 17.0. The SMILES string of the molecule is CCCCCC(C=CC1C(O)CC2OC(=CCCCC(=O)O)CC21)OC(C)=O. The number of hydrogen-bond donors (Lipinski definition) is 2. The molecule has 2 aliphatic rings. The fraction of sp³-hybridized carbons (Fsp3) is 0.727. The van der Waals surface area contributed by atoms with Crippen molar-refractivity contribution in [1.29, 1.82) is 0 Å². The van der Waals surface area contributed by atoms with Gasteiger partial charge in [0.05, 0.1) is 11.9 Å². The summed E-state index contributed by atoms with van der Waals surface area (Å²) in [4.78, 5) is 22.0. The van der Waals surface area contributed by atoms with Gasteiger partial charge in [0.15, 0.2) is 0 Å². The van der Waals surface area contributed by atoms with Crippen LogP contribution in [0.15, 0.2) is 24.0 Å². The molecule has 0 amide bonds. The van der Waals surface area contributed by atoms with Gasteiger partial charge in [-0.3, -0.25) is 9.59 Å². The third kappa shape index (κ3) is 6.97. The Morgan fingerprint density at radius 3 is 2.79 bits per heavy atom. The van der Waals surface area contributed by atoms with E-state index >= 15 is 0 Å². The summed E-state index contributed by atoms with van der Waals surface area (Å²) in [5.41, 5.74) is 0. The molecule has 1 aliphatic heterocycles. The minimum absolute atomic E-state index is 0.00245. The number of ether oxygens (including phenoxy) is 2. The van der Waals surface area contributed by atoms with Gasteiger partial charge in [0.25, 0.3) is 0 Å². The lowest BCUT2D eigenvalue weighted by molar-refractivity contribution is -0.144. The number of carbonyl (C=O) groups is 2. The number of aliphatic hydroxyl groups is 1. The fourth-order valence-electron chi connectivity index (χ4n) is 4.16. The van der Waals surface area contributed by atoms with Crippen LogP contribution >= 0.6 is 0 Å². The van der Waals surface area contributed by atoms with Crippen molar-refractivity contribution in [1.82, 2.24) is 0 Å². The van der Waals surface area contributed by atoms with Gasteiger partial charge in [0.1, 0.15) is 12.2 Å². The third-order valence-corrected chi connectivity index (χ3v) is 5.55. The predicted molar refractivity (Wildman–Crippen MR) is 105 cm³/mol. The summed E-state index contributed by atoms with van der Waals surface area (Å²) in [5.74, 6) is 0.0406. The molecule has 0 bridgehead atoms. The largest absolute Gasteiger partial charge is 0.495 e. The van der Waals surface area contributed by atoms with Crippen LogP contribution in [0.4, 0.5) is 0 Å². The molecule has 2 rings (SSSR count). The lowest BCUT2D eigenvalue weighted by atomic mass is 9.90. The van der Waals surface area contributed by atoms with Crippen LogP contribution in [0.5, 0.6) is 0 Å². The molecule has 158 valence electrons. The third-order valence-electron chi connectivity index (χ3n) is 5.55. The first kappa shape index (κ1) is 22.5. The highest BCUT2D eigenvalue weighted by molar-refractivity contribution is 5.66. The number of hydrogen-bond acceptors (Lipinski definition) is 5. The number of allylic oxidation sites excluding steroid dienone is 2. The number of fused-ring (bicyclic) bond motifs is 1. The number of carboxylic acids is 1. The maximum absolute atomic E-state index is 11.4. The summed E-state index contributed by atoms with van der Waals surface area (Å²) in [6.07, 6.45) is 12.1. The highest BCUT2D eigenvalue weighted by Gasteiger charge is 2.47. The Morgan fingerprint density at radius 1 is 1.32 bits per heavy atom. The molecule has 0 spiro atoms. The van der Waals surface area contributed by atoms with Gasteiger partial charge < -0.3 is 19.7 Å². The molecule has 1 aliphatic carbocycles. The van der Waals surface area contributed by atoms with E-state index in [2.05, 4.69) is 6.92 Å². The minimum Gasteiger partial charge on any atom is -0.495 e. The number of esters is 1. The fourth-order valence-corrected chi connectivity index (χ4v) is 4.16. The molecule has 6 heteroatoms. The summed E-state index contributed by atoms with van der Waals surface area (Å²) < 4.78 is 11.4. The topological polar surface area (TPSA) is 93.1 Å². The van der Waals surface area contributed by atoms with Gasteiger partial charge in [-0.2, -0.15) is 0 Å². The average Bonchev–Trinajstić information content (AvgIpc) is 3.12. The second kappa shape index (κ2) is 11.2. The number of rotatable bonds is 11. The van der Waals surface area contributed by atoms with Crippen LogP contribution in [-0.2, 0) is 19.1 Å². The lowest BCUT2D eigenvalue weighted by Crippen LogP contribution is -2.19. The quantitative estimate of drug-likeness (QED) is 0.313. The molecule has 1 heterocycles. The molecule has 0 aromatic carbocycles. The molecular formula is C22H34O6. The Bertz CT molecular complexity index is 582. The van der Waals surface area contributed by atoms with Crippen LogP contribution < -0.4 is 0 Å². The van der Waals surface area contributed by atoms with Crippen molar-refractivity contribution in [2.24, 2.45) is 11.8 Å². The number of unbranched alkanes of at least 4 members (excludes halogenated alkanes) is 3. The molecule has 0 radical (unpaired) electrons. The first-order valence-corrected chi connectivity index (χ1v) is 10.5. The van der Waals surface area contributed by atoms with Crippen LogP contribution in [0.2, 0.25) is 0 Å². The van der Waals surface area contributed by atoms with Crippen molar-refractivity contribution in [3.05, 3.63) is 24.0 Å². The number of carbonyl (C=O) groups excluding carboxylic acids is 1. The molecule has 2 fully saturated rings. The van der Waals surface area contributed by atoms with Gasteiger partial charge in [-0.25, -0.2) is 0 Å². The van der Waals surface area contributed by atoms with E-state index in [1.165, 1.54) is 6.92 Å². The Morgan fingerprint density at radius 2 is 2.11 bits per heavy atom. The smallest absolute Gasteiger partial charge is 0.303 e. The second-order valence-corrected chi connectivity index (χ2v) is 7.89. The van der Waals surface area contributed by atoms with Gasteiger partial charge >= 0.3 is 11.9 Å². The molecule has 2 N–H and O–H groups in total. The van der Waals surface area contributed by atoms with E-state index in [9.17, 15) is 14.7 Å². The van der Waals surface area contributed by atoms with Gasteiger partial charge in [-0.1, -0.05) is 25.8 Å².